The molecular formula is C10H6Cl3N3O. The van der Waals surface area contributed by atoms with Crippen LogP contribution in [0.15, 0.2) is 24.4 Å². The Hall–Kier alpha value is -1.23. The van der Waals surface area contributed by atoms with Gasteiger partial charge in [-0.2, -0.15) is 4.98 Å². The molecule has 0 atom stereocenters. The number of hydrogen-bond donors (Lipinski definition) is 1. The van der Waals surface area contributed by atoms with Crippen molar-refractivity contribution in [1.82, 2.24) is 9.97 Å². The summed E-state index contributed by atoms with van der Waals surface area (Å²) in [5.74, 6) is 0.609. The minimum absolute atomic E-state index is 0.0882. The van der Waals surface area contributed by atoms with E-state index in [0.717, 1.165) is 0 Å². The van der Waals surface area contributed by atoms with Gasteiger partial charge in [0.15, 0.2) is 5.75 Å². The van der Waals surface area contributed by atoms with Gasteiger partial charge < -0.3 is 10.5 Å². The summed E-state index contributed by atoms with van der Waals surface area (Å²) in [5.41, 5.74) is 5.49. The summed E-state index contributed by atoms with van der Waals surface area (Å²) >= 11 is 17.6. The first-order valence-electron chi connectivity index (χ1n) is 4.47. The van der Waals surface area contributed by atoms with E-state index in [1.54, 1.807) is 6.07 Å². The van der Waals surface area contributed by atoms with E-state index in [2.05, 4.69) is 9.97 Å². The zero-order valence-electron chi connectivity index (χ0n) is 8.32. The van der Waals surface area contributed by atoms with Crippen LogP contribution in [0.1, 0.15) is 0 Å². The number of nitrogen functional groups attached to an aromatic ring is 1. The van der Waals surface area contributed by atoms with Crippen LogP contribution in [-0.4, -0.2) is 9.97 Å². The summed E-state index contributed by atoms with van der Waals surface area (Å²) in [6.07, 6.45) is 1.48. The average molecular weight is 291 g/mol. The molecule has 0 aliphatic heterocycles. The predicted molar refractivity (Wildman–Crippen MR) is 68.0 cm³/mol. The molecule has 88 valence electrons. The lowest BCUT2D eigenvalue weighted by Crippen LogP contribution is -1.96. The number of halogens is 3. The maximum absolute atomic E-state index is 5.94. The summed E-state index contributed by atoms with van der Waals surface area (Å²) < 4.78 is 5.35. The third kappa shape index (κ3) is 2.91. The first-order chi connectivity index (χ1) is 8.06. The van der Waals surface area contributed by atoms with E-state index in [-0.39, 0.29) is 6.01 Å². The fourth-order valence-corrected chi connectivity index (χ4v) is 1.66. The predicted octanol–water partition coefficient (Wildman–Crippen LogP) is 3.81. The molecule has 4 nitrogen and oxygen atoms in total. The highest BCUT2D eigenvalue weighted by molar-refractivity contribution is 6.43. The van der Waals surface area contributed by atoms with Gasteiger partial charge in [-0.3, -0.25) is 0 Å². The second-order valence-electron chi connectivity index (χ2n) is 3.06. The SMILES string of the molecule is Nc1ccnc(Oc2cc(Cl)c(Cl)cc2Cl)n1. The molecule has 0 spiro atoms. The van der Waals surface area contributed by atoms with Crippen molar-refractivity contribution in [2.45, 2.75) is 0 Å². The Kier molecular flexibility index (Phi) is 3.57. The highest BCUT2D eigenvalue weighted by atomic mass is 35.5. The second-order valence-corrected chi connectivity index (χ2v) is 4.28. The van der Waals surface area contributed by atoms with Crippen LogP contribution in [0, 0.1) is 0 Å². The van der Waals surface area contributed by atoms with Gasteiger partial charge in [0.25, 0.3) is 0 Å². The molecule has 0 aliphatic rings. The molecule has 0 saturated carbocycles. The first-order valence-corrected chi connectivity index (χ1v) is 5.60. The van der Waals surface area contributed by atoms with Gasteiger partial charge in [-0.25, -0.2) is 4.98 Å². The van der Waals surface area contributed by atoms with Crippen LogP contribution in [0.3, 0.4) is 0 Å². The molecule has 1 aromatic heterocycles. The highest BCUT2D eigenvalue weighted by Gasteiger charge is 2.09. The summed E-state index contributed by atoms with van der Waals surface area (Å²) in [7, 11) is 0. The monoisotopic (exact) mass is 289 g/mol. The van der Waals surface area contributed by atoms with Gasteiger partial charge in [0.05, 0.1) is 15.1 Å². The smallest absolute Gasteiger partial charge is 0.323 e. The van der Waals surface area contributed by atoms with Gasteiger partial charge in [0.2, 0.25) is 0 Å². The fraction of sp³-hybridized carbons (Fsp3) is 0. The van der Waals surface area contributed by atoms with E-state index < -0.39 is 0 Å². The van der Waals surface area contributed by atoms with Crippen molar-refractivity contribution in [3.63, 3.8) is 0 Å². The Morgan fingerprint density at radius 1 is 1.06 bits per heavy atom. The lowest BCUT2D eigenvalue weighted by Gasteiger charge is -2.07. The Balaban J connectivity index is 2.33. The van der Waals surface area contributed by atoms with Crippen molar-refractivity contribution < 1.29 is 4.74 Å². The van der Waals surface area contributed by atoms with Gasteiger partial charge in [0, 0.05) is 12.3 Å². The molecule has 0 fully saturated rings. The quantitative estimate of drug-likeness (QED) is 0.854. The van der Waals surface area contributed by atoms with E-state index in [0.29, 0.717) is 26.6 Å². The standard InChI is InChI=1S/C10H6Cl3N3O/c11-5-3-7(13)8(4-6(5)12)17-10-15-2-1-9(14)16-10/h1-4H,(H2,14,15,16). The number of aromatic nitrogens is 2. The van der Waals surface area contributed by atoms with Gasteiger partial charge in [-0.15, -0.1) is 0 Å². The van der Waals surface area contributed by atoms with Crippen LogP contribution in [-0.2, 0) is 0 Å². The van der Waals surface area contributed by atoms with Crippen molar-refractivity contribution in [3.05, 3.63) is 39.5 Å². The summed E-state index contributed by atoms with van der Waals surface area (Å²) in [4.78, 5) is 7.75. The van der Waals surface area contributed by atoms with E-state index in [1.165, 1.54) is 18.3 Å². The number of ether oxygens (including phenoxy) is 1. The molecule has 7 heteroatoms. The fourth-order valence-electron chi connectivity index (χ4n) is 1.08. The molecule has 0 aliphatic carbocycles. The average Bonchev–Trinajstić information content (AvgIpc) is 2.26. The number of rotatable bonds is 2. The molecule has 0 amide bonds. The third-order valence-corrected chi connectivity index (χ3v) is 2.85. The second kappa shape index (κ2) is 4.96. The number of anilines is 1. The van der Waals surface area contributed by atoms with Crippen LogP contribution in [0.5, 0.6) is 11.8 Å². The summed E-state index contributed by atoms with van der Waals surface area (Å²) in [6, 6.07) is 4.60. The van der Waals surface area contributed by atoms with Crippen molar-refractivity contribution in [1.29, 1.82) is 0 Å². The van der Waals surface area contributed by atoms with Crippen molar-refractivity contribution in [2.75, 3.05) is 5.73 Å². The maximum Gasteiger partial charge on any atom is 0.323 e. The Morgan fingerprint density at radius 3 is 2.47 bits per heavy atom. The molecule has 0 unspecified atom stereocenters. The van der Waals surface area contributed by atoms with E-state index in [4.69, 9.17) is 45.3 Å². The molecule has 2 N–H and O–H groups in total. The number of nitrogens with two attached hydrogens (primary N) is 1. The lowest BCUT2D eigenvalue weighted by atomic mass is 10.3. The number of hydrogen-bond acceptors (Lipinski definition) is 4. The third-order valence-electron chi connectivity index (χ3n) is 1.83. The van der Waals surface area contributed by atoms with Crippen LogP contribution in [0.4, 0.5) is 5.82 Å². The molecule has 0 saturated heterocycles. The van der Waals surface area contributed by atoms with Crippen LogP contribution in [0.25, 0.3) is 0 Å². The van der Waals surface area contributed by atoms with Crippen molar-refractivity contribution in [3.8, 4) is 11.8 Å². The number of benzene rings is 1. The molecule has 17 heavy (non-hydrogen) atoms. The zero-order valence-corrected chi connectivity index (χ0v) is 10.6. The summed E-state index contributed by atoms with van der Waals surface area (Å²) in [6.45, 7) is 0. The topological polar surface area (TPSA) is 61.0 Å². The lowest BCUT2D eigenvalue weighted by molar-refractivity contribution is 0.443. The van der Waals surface area contributed by atoms with E-state index >= 15 is 0 Å². The Labute approximate surface area is 112 Å². The van der Waals surface area contributed by atoms with Crippen LogP contribution < -0.4 is 10.5 Å². The Morgan fingerprint density at radius 2 is 1.76 bits per heavy atom. The molecular weight excluding hydrogens is 284 g/mol. The van der Waals surface area contributed by atoms with Crippen LogP contribution >= 0.6 is 34.8 Å². The summed E-state index contributed by atoms with van der Waals surface area (Å²) in [5, 5.41) is 0.984. The van der Waals surface area contributed by atoms with Crippen molar-refractivity contribution >= 4 is 40.6 Å². The number of nitrogens with zero attached hydrogens (tertiary/aromatic N) is 2. The molecule has 1 aromatic carbocycles. The molecule has 0 bridgehead atoms. The van der Waals surface area contributed by atoms with Gasteiger partial charge >= 0.3 is 6.01 Å². The molecule has 2 aromatic rings. The largest absolute Gasteiger partial charge is 0.423 e. The van der Waals surface area contributed by atoms with Crippen LogP contribution in [0.2, 0.25) is 15.1 Å². The molecule has 2 rings (SSSR count). The van der Waals surface area contributed by atoms with Gasteiger partial charge in [0.1, 0.15) is 5.82 Å². The zero-order chi connectivity index (χ0) is 12.4. The Bertz CT molecular complexity index is 562. The van der Waals surface area contributed by atoms with E-state index in [1.807, 2.05) is 0 Å². The molecule has 1 heterocycles. The minimum Gasteiger partial charge on any atom is -0.423 e. The maximum atomic E-state index is 5.94. The first kappa shape index (κ1) is 12.2. The normalized spacial score (nSPS) is 10.3. The van der Waals surface area contributed by atoms with Crippen molar-refractivity contribution in [2.24, 2.45) is 0 Å². The highest BCUT2D eigenvalue weighted by Crippen LogP contribution is 2.35. The van der Waals surface area contributed by atoms with Gasteiger partial charge in [-0.1, -0.05) is 34.8 Å². The van der Waals surface area contributed by atoms with E-state index in [9.17, 15) is 0 Å². The molecule has 0 radical (unpaired) electrons. The van der Waals surface area contributed by atoms with Gasteiger partial charge in [-0.05, 0) is 12.1 Å². The minimum atomic E-state index is 0.0882.